The Kier molecular flexibility index (Phi) is 5.04. The van der Waals surface area contributed by atoms with Crippen LogP contribution in [0.15, 0.2) is 46.9 Å². The summed E-state index contributed by atoms with van der Waals surface area (Å²) in [5.74, 6) is -0.593. The molecule has 0 radical (unpaired) electrons. The maximum Gasteiger partial charge on any atom is 0.261 e. The first-order valence-electron chi connectivity index (χ1n) is 8.93. The Bertz CT molecular complexity index is 978. The minimum Gasteiger partial charge on any atom is -0.330 e. The number of amides is 1. The van der Waals surface area contributed by atoms with Crippen LogP contribution in [0.3, 0.4) is 0 Å². The van der Waals surface area contributed by atoms with Crippen molar-refractivity contribution in [3.63, 3.8) is 0 Å². The highest BCUT2D eigenvalue weighted by atomic mass is 32.2. The average Bonchev–Trinajstić information content (AvgIpc) is 3.41. The van der Waals surface area contributed by atoms with Crippen LogP contribution in [0.2, 0.25) is 0 Å². The van der Waals surface area contributed by atoms with Gasteiger partial charge in [0.2, 0.25) is 5.91 Å². The van der Waals surface area contributed by atoms with E-state index in [1.54, 1.807) is 12.1 Å². The van der Waals surface area contributed by atoms with Crippen molar-refractivity contribution in [3.8, 4) is 0 Å². The van der Waals surface area contributed by atoms with Gasteiger partial charge in [0.05, 0.1) is 18.6 Å². The highest BCUT2D eigenvalue weighted by Crippen LogP contribution is 2.33. The molecule has 0 aliphatic carbocycles. The first kappa shape index (κ1) is 19.2. The number of carbonyl (C=O) groups is 2. The molecule has 2 aromatic heterocycles. The minimum absolute atomic E-state index is 0.0948. The van der Waals surface area contributed by atoms with Gasteiger partial charge < -0.3 is 10.6 Å². The summed E-state index contributed by atoms with van der Waals surface area (Å²) in [6.45, 7) is 0.0600. The maximum atomic E-state index is 12.9. The van der Waals surface area contributed by atoms with Crippen molar-refractivity contribution in [1.29, 1.82) is 0 Å². The maximum absolute atomic E-state index is 12.9. The predicted molar refractivity (Wildman–Crippen MR) is 103 cm³/mol. The number of hydrogen-bond donors (Lipinski definition) is 1. The minimum atomic E-state index is -3.90. The van der Waals surface area contributed by atoms with Crippen LogP contribution >= 0.6 is 11.3 Å². The highest BCUT2D eigenvalue weighted by Gasteiger charge is 2.54. The van der Waals surface area contributed by atoms with E-state index in [2.05, 4.69) is 4.98 Å². The molecule has 8 nitrogen and oxygen atoms in total. The fourth-order valence-corrected chi connectivity index (χ4v) is 6.23. The van der Waals surface area contributed by atoms with Crippen LogP contribution in [-0.4, -0.2) is 65.5 Å². The molecule has 2 N–H and O–H groups in total. The Balaban J connectivity index is 1.54. The van der Waals surface area contributed by atoms with E-state index in [0.717, 1.165) is 4.88 Å². The molecule has 0 spiro atoms. The zero-order valence-electron chi connectivity index (χ0n) is 15.0. The van der Waals surface area contributed by atoms with Crippen LogP contribution in [0.1, 0.15) is 11.3 Å². The lowest BCUT2D eigenvalue weighted by Crippen LogP contribution is -2.50. The van der Waals surface area contributed by atoms with Gasteiger partial charge in [-0.15, -0.1) is 11.3 Å². The van der Waals surface area contributed by atoms with Gasteiger partial charge in [-0.05, 0) is 30.0 Å². The molecular formula is C18H20N4O4S2. The summed E-state index contributed by atoms with van der Waals surface area (Å²) in [5, 5.41) is 1.82. The molecule has 2 aromatic rings. The monoisotopic (exact) mass is 420 g/mol. The van der Waals surface area contributed by atoms with Crippen LogP contribution < -0.4 is 5.73 Å². The number of nitrogens with zero attached hydrogens (tertiary/aromatic N) is 3. The van der Waals surface area contributed by atoms with E-state index >= 15 is 0 Å². The fourth-order valence-electron chi connectivity index (χ4n) is 3.91. The van der Waals surface area contributed by atoms with Gasteiger partial charge in [0.15, 0.2) is 10.8 Å². The third-order valence-electron chi connectivity index (χ3n) is 5.19. The second-order valence-electron chi connectivity index (χ2n) is 6.91. The average molecular weight is 421 g/mol. The lowest BCUT2D eigenvalue weighted by molar-refractivity contribution is -0.137. The number of pyridine rings is 1. The van der Waals surface area contributed by atoms with Crippen molar-refractivity contribution in [1.82, 2.24) is 14.2 Å². The number of Topliss-reactive ketones (excluding diaryl/α,β-unsaturated/α-hetero) is 1. The van der Waals surface area contributed by atoms with Crippen LogP contribution in [0.4, 0.5) is 0 Å². The number of aromatic nitrogens is 1. The van der Waals surface area contributed by atoms with E-state index in [-0.39, 0.29) is 23.3 Å². The van der Waals surface area contributed by atoms with Gasteiger partial charge in [-0.2, -0.15) is 4.31 Å². The number of hydrogen-bond acceptors (Lipinski definition) is 7. The molecule has 10 heteroatoms. The van der Waals surface area contributed by atoms with Crippen molar-refractivity contribution in [2.24, 2.45) is 5.73 Å². The van der Waals surface area contributed by atoms with Gasteiger partial charge in [-0.25, -0.2) is 13.4 Å². The van der Waals surface area contributed by atoms with E-state index in [1.165, 1.54) is 32.8 Å². The van der Waals surface area contributed by atoms with Crippen LogP contribution in [0, 0.1) is 0 Å². The van der Waals surface area contributed by atoms with Crippen molar-refractivity contribution in [2.45, 2.75) is 36.0 Å². The highest BCUT2D eigenvalue weighted by molar-refractivity contribution is 7.89. The molecule has 28 heavy (non-hydrogen) atoms. The molecule has 1 amide bonds. The van der Waals surface area contributed by atoms with E-state index in [9.17, 15) is 18.0 Å². The summed E-state index contributed by atoms with van der Waals surface area (Å²) in [5.41, 5.74) is 6.09. The number of carbonyl (C=O) groups excluding carboxylic acids is 2. The quantitative estimate of drug-likeness (QED) is 0.742. The molecule has 2 aliphatic heterocycles. The smallest absolute Gasteiger partial charge is 0.261 e. The van der Waals surface area contributed by atoms with Crippen molar-refractivity contribution in [3.05, 3.63) is 46.8 Å². The molecule has 4 heterocycles. The third-order valence-corrected chi connectivity index (χ3v) is 7.88. The van der Waals surface area contributed by atoms with Gasteiger partial charge >= 0.3 is 0 Å². The van der Waals surface area contributed by atoms with E-state index in [4.69, 9.17) is 5.73 Å². The predicted octanol–water partition coefficient (Wildman–Crippen LogP) is 0.256. The van der Waals surface area contributed by atoms with Gasteiger partial charge in [0, 0.05) is 24.0 Å². The lowest BCUT2D eigenvalue weighted by atomic mass is 10.1. The molecular weight excluding hydrogens is 400 g/mol. The fraction of sp³-hybridized carbons (Fsp3) is 0.389. The third kappa shape index (κ3) is 3.26. The summed E-state index contributed by atoms with van der Waals surface area (Å²) >= 11 is 1.52. The van der Waals surface area contributed by atoms with Crippen molar-refractivity contribution < 1.29 is 18.0 Å². The summed E-state index contributed by atoms with van der Waals surface area (Å²) in [4.78, 5) is 31.9. The Morgan fingerprint density at radius 1 is 1.32 bits per heavy atom. The number of likely N-dealkylation sites (tertiary alicyclic amines) is 1. The molecule has 2 saturated heterocycles. The zero-order valence-corrected chi connectivity index (χ0v) is 16.6. The number of nitrogens with two attached hydrogens (primary N) is 1. The molecule has 0 aromatic carbocycles. The topological polar surface area (TPSA) is 114 Å². The first-order chi connectivity index (χ1) is 13.4. The summed E-state index contributed by atoms with van der Waals surface area (Å²) in [7, 11) is -3.90. The van der Waals surface area contributed by atoms with Gasteiger partial charge in [0.1, 0.15) is 6.04 Å². The molecule has 2 aliphatic rings. The van der Waals surface area contributed by atoms with Gasteiger partial charge in [-0.3, -0.25) is 9.59 Å². The Morgan fingerprint density at radius 2 is 2.14 bits per heavy atom. The standard InChI is InChI=1S/C18H20N4O4S2/c19-13(10-12-4-3-9-27-12)18(24)21-8-6-14-17(21)15(23)11-22(14)28(25,26)16-5-1-2-7-20-16/h1-5,7,9,13-14,17H,6,8,10-11,19H2. The Morgan fingerprint density at radius 3 is 2.82 bits per heavy atom. The van der Waals surface area contributed by atoms with Crippen LogP contribution in [0.5, 0.6) is 0 Å². The number of ketones is 1. The van der Waals surface area contributed by atoms with E-state index < -0.39 is 28.1 Å². The van der Waals surface area contributed by atoms with E-state index in [0.29, 0.717) is 19.4 Å². The Labute approximate surface area is 167 Å². The molecule has 0 saturated carbocycles. The summed E-state index contributed by atoms with van der Waals surface area (Å²) in [6, 6.07) is 6.31. The first-order valence-corrected chi connectivity index (χ1v) is 11.3. The number of rotatable bonds is 5. The molecule has 3 atom stereocenters. The second kappa shape index (κ2) is 7.36. The largest absolute Gasteiger partial charge is 0.330 e. The molecule has 148 valence electrons. The molecule has 4 rings (SSSR count). The normalized spacial score (nSPS) is 23.8. The van der Waals surface area contributed by atoms with Crippen LogP contribution in [0.25, 0.3) is 0 Å². The van der Waals surface area contributed by atoms with Crippen molar-refractivity contribution in [2.75, 3.05) is 13.1 Å². The molecule has 2 fully saturated rings. The van der Waals surface area contributed by atoms with E-state index in [1.807, 2.05) is 17.5 Å². The van der Waals surface area contributed by atoms with Crippen molar-refractivity contribution >= 4 is 33.1 Å². The SMILES string of the molecule is NC(Cc1cccs1)C(=O)N1CCC2C1C(=O)CN2S(=O)(=O)c1ccccn1. The van der Waals surface area contributed by atoms with Gasteiger partial charge in [-0.1, -0.05) is 12.1 Å². The molecule has 3 unspecified atom stereocenters. The second-order valence-corrected chi connectivity index (χ2v) is 9.78. The van der Waals surface area contributed by atoms with Gasteiger partial charge in [0.25, 0.3) is 10.0 Å². The Hall–Kier alpha value is -2.14. The summed E-state index contributed by atoms with van der Waals surface area (Å²) in [6.07, 6.45) is 2.20. The zero-order chi connectivity index (χ0) is 19.9. The number of fused-ring (bicyclic) bond motifs is 1. The lowest BCUT2D eigenvalue weighted by Gasteiger charge is -2.26. The molecule has 0 bridgehead atoms. The summed E-state index contributed by atoms with van der Waals surface area (Å²) < 4.78 is 27.0. The van der Waals surface area contributed by atoms with Crippen LogP contribution in [-0.2, 0) is 26.0 Å². The number of thiophene rings is 1. The number of sulfonamides is 1.